The zero-order valence-electron chi connectivity index (χ0n) is 8.35. The molecule has 0 unspecified atom stereocenters. The average Bonchev–Trinajstić information content (AvgIpc) is 2.03. The summed E-state index contributed by atoms with van der Waals surface area (Å²) in [5.74, 6) is 0. The quantitative estimate of drug-likeness (QED) is 0.403. The molecule has 0 heterocycles. The zero-order chi connectivity index (χ0) is 10.4. The first-order valence-electron chi connectivity index (χ1n) is 4.01. The van der Waals surface area contributed by atoms with E-state index in [1.54, 1.807) is 0 Å². The summed E-state index contributed by atoms with van der Waals surface area (Å²) in [6.45, 7) is 11.4. The Morgan fingerprint density at radius 2 is 1.00 bits per heavy atom. The fraction of sp³-hybridized carbons (Fsp3) is 0.750. The van der Waals surface area contributed by atoms with Gasteiger partial charge in [0.25, 0.3) is 0 Å². The molecule has 0 aliphatic heterocycles. The van der Waals surface area contributed by atoms with E-state index in [4.69, 9.17) is 14.7 Å². The van der Waals surface area contributed by atoms with E-state index < -0.39 is 8.60 Å². The van der Waals surface area contributed by atoms with Gasteiger partial charge in [0.1, 0.15) is 0 Å². The molecule has 0 aromatic rings. The second kappa shape index (κ2) is 29.3. The Balaban J connectivity index is -0.0000000450. The Bertz CT molecular complexity index is 45.9. The molecule has 0 saturated heterocycles. The van der Waals surface area contributed by atoms with Crippen molar-refractivity contribution in [2.75, 3.05) is 0 Å². The Kier molecular flexibility index (Phi) is 53.1. The van der Waals surface area contributed by atoms with Crippen LogP contribution in [0.25, 0.3) is 0 Å². The fourth-order valence-electron chi connectivity index (χ4n) is 0. The third-order valence-corrected chi connectivity index (χ3v) is 0.707. The van der Waals surface area contributed by atoms with Crippen molar-refractivity contribution >= 4 is 8.60 Å². The van der Waals surface area contributed by atoms with Crippen LogP contribution in [0.1, 0.15) is 39.5 Å². The molecule has 0 aliphatic carbocycles. The summed E-state index contributed by atoms with van der Waals surface area (Å²) in [7, 11) is -2.62. The van der Waals surface area contributed by atoms with Crippen molar-refractivity contribution in [1.29, 1.82) is 0 Å². The monoisotopic (exact) mass is 254 g/mol. The predicted molar refractivity (Wildman–Crippen MR) is 54.1 cm³/mol. The third kappa shape index (κ3) is 190. The van der Waals surface area contributed by atoms with E-state index in [0.717, 1.165) is 12.8 Å². The summed E-state index contributed by atoms with van der Waals surface area (Å²) in [5, 5.41) is 0. The molecule has 13 heavy (non-hydrogen) atoms. The van der Waals surface area contributed by atoms with Gasteiger partial charge in [0.2, 0.25) is 0 Å². The standard InChI is InChI=1S/2C4H9.Ni.H3O3P/c2*1-3-4-2;;1-4(2)3/h2*1,3-4H2,2H3;;1-3H/q2*-1;+2;. The summed E-state index contributed by atoms with van der Waals surface area (Å²) in [6.07, 6.45) is 4.56. The molecule has 0 spiro atoms. The molecular formula is C8H21NiO3P. The maximum Gasteiger partial charge on any atom is 2.00 e. The SMILES string of the molecule is OP(O)O.[CH2-]CCC.[CH2-]CCC.[Ni+2]. The van der Waals surface area contributed by atoms with Crippen molar-refractivity contribution in [3.05, 3.63) is 13.8 Å². The van der Waals surface area contributed by atoms with Crippen LogP contribution in [0, 0.1) is 13.8 Å². The molecule has 5 heteroatoms. The Labute approximate surface area is 93.5 Å². The minimum absolute atomic E-state index is 0. The second-order valence-electron chi connectivity index (χ2n) is 1.98. The van der Waals surface area contributed by atoms with Gasteiger partial charge in [0.05, 0.1) is 0 Å². The van der Waals surface area contributed by atoms with Crippen molar-refractivity contribution in [1.82, 2.24) is 0 Å². The molecule has 3 N–H and O–H groups in total. The van der Waals surface area contributed by atoms with Crippen molar-refractivity contribution in [2.45, 2.75) is 39.5 Å². The summed E-state index contributed by atoms with van der Waals surface area (Å²) < 4.78 is 0. The van der Waals surface area contributed by atoms with Gasteiger partial charge in [-0.2, -0.15) is 12.8 Å². The smallest absolute Gasteiger partial charge is 0.343 e. The molecule has 0 amide bonds. The third-order valence-electron chi connectivity index (χ3n) is 0.707. The van der Waals surface area contributed by atoms with Crippen molar-refractivity contribution in [3.63, 3.8) is 0 Å². The number of hydrogen-bond acceptors (Lipinski definition) is 3. The molecule has 0 rings (SSSR count). The van der Waals surface area contributed by atoms with Gasteiger partial charge in [-0.1, -0.05) is 26.7 Å². The van der Waals surface area contributed by atoms with E-state index in [9.17, 15) is 0 Å². The van der Waals surface area contributed by atoms with Crippen LogP contribution in [0.5, 0.6) is 0 Å². The van der Waals surface area contributed by atoms with Gasteiger partial charge >= 0.3 is 25.1 Å². The minimum Gasteiger partial charge on any atom is -0.343 e. The Morgan fingerprint density at radius 1 is 0.923 bits per heavy atom. The Morgan fingerprint density at radius 3 is 1.00 bits per heavy atom. The summed E-state index contributed by atoms with van der Waals surface area (Å²) in [6, 6.07) is 0. The van der Waals surface area contributed by atoms with Crippen LogP contribution >= 0.6 is 8.60 Å². The largest absolute Gasteiger partial charge is 2.00 e. The Hall–Kier alpha value is 0.804. The first-order chi connectivity index (χ1) is 5.56. The van der Waals surface area contributed by atoms with Gasteiger partial charge in [-0.3, -0.25) is 0 Å². The molecule has 0 aromatic carbocycles. The van der Waals surface area contributed by atoms with Crippen LogP contribution < -0.4 is 0 Å². The normalized spacial score (nSPS) is 7.38. The number of hydrogen-bond donors (Lipinski definition) is 3. The summed E-state index contributed by atoms with van der Waals surface area (Å²) >= 11 is 0. The molecular weight excluding hydrogens is 234 g/mol. The van der Waals surface area contributed by atoms with E-state index in [2.05, 4.69) is 27.7 Å². The average molecular weight is 255 g/mol. The van der Waals surface area contributed by atoms with Crippen LogP contribution in [-0.4, -0.2) is 14.7 Å². The van der Waals surface area contributed by atoms with E-state index in [1.807, 2.05) is 0 Å². The first-order valence-corrected chi connectivity index (χ1v) is 5.21. The molecule has 0 fully saturated rings. The van der Waals surface area contributed by atoms with Crippen molar-refractivity contribution in [3.8, 4) is 0 Å². The maximum absolute atomic E-state index is 7.23. The van der Waals surface area contributed by atoms with Gasteiger partial charge in [-0.25, -0.2) is 0 Å². The van der Waals surface area contributed by atoms with E-state index in [1.165, 1.54) is 12.8 Å². The molecule has 0 aliphatic rings. The van der Waals surface area contributed by atoms with E-state index in [0.29, 0.717) is 0 Å². The van der Waals surface area contributed by atoms with Gasteiger partial charge in [0, 0.05) is 0 Å². The molecule has 0 bridgehead atoms. The molecule has 86 valence electrons. The second-order valence-corrected chi connectivity index (χ2v) is 2.51. The number of rotatable bonds is 2. The van der Waals surface area contributed by atoms with Crippen molar-refractivity contribution in [2.24, 2.45) is 0 Å². The van der Waals surface area contributed by atoms with Gasteiger partial charge in [-0.15, -0.1) is 0 Å². The predicted octanol–water partition coefficient (Wildman–Crippen LogP) is 2.43. The first kappa shape index (κ1) is 23.5. The maximum atomic E-state index is 7.23. The van der Waals surface area contributed by atoms with Gasteiger partial charge in [0.15, 0.2) is 0 Å². The zero-order valence-corrected chi connectivity index (χ0v) is 10.2. The van der Waals surface area contributed by atoms with Gasteiger partial charge in [-0.05, 0) is 0 Å². The van der Waals surface area contributed by atoms with Crippen LogP contribution in [0.15, 0.2) is 0 Å². The molecule has 0 aromatic heterocycles. The van der Waals surface area contributed by atoms with Crippen LogP contribution in [-0.2, 0) is 16.5 Å². The van der Waals surface area contributed by atoms with Crippen LogP contribution in [0.4, 0.5) is 0 Å². The topological polar surface area (TPSA) is 60.7 Å². The van der Waals surface area contributed by atoms with Crippen LogP contribution in [0.2, 0.25) is 0 Å². The van der Waals surface area contributed by atoms with Crippen molar-refractivity contribution < 1.29 is 31.2 Å². The molecule has 0 atom stereocenters. The van der Waals surface area contributed by atoms with E-state index >= 15 is 0 Å². The van der Waals surface area contributed by atoms with Gasteiger partial charge < -0.3 is 28.5 Å². The molecule has 0 radical (unpaired) electrons. The summed E-state index contributed by atoms with van der Waals surface area (Å²) in [5.41, 5.74) is 0. The molecule has 3 nitrogen and oxygen atoms in total. The molecule has 0 saturated carbocycles. The number of unbranched alkanes of at least 4 members (excludes halogenated alkanes) is 2. The fourth-order valence-corrected chi connectivity index (χ4v) is 0. The minimum atomic E-state index is -2.62. The van der Waals surface area contributed by atoms with Crippen LogP contribution in [0.3, 0.4) is 0 Å². The van der Waals surface area contributed by atoms with E-state index in [-0.39, 0.29) is 16.5 Å². The summed E-state index contributed by atoms with van der Waals surface area (Å²) in [4.78, 5) is 21.7.